The summed E-state index contributed by atoms with van der Waals surface area (Å²) in [7, 11) is 0. The summed E-state index contributed by atoms with van der Waals surface area (Å²) in [4.78, 5) is 0. The number of quaternary nitrogens is 1. The number of hydrogen-bond acceptors (Lipinski definition) is 2. The van der Waals surface area contributed by atoms with Gasteiger partial charge in [0.25, 0.3) is 0 Å². The summed E-state index contributed by atoms with van der Waals surface area (Å²) in [6.07, 6.45) is -0.665. The Morgan fingerprint density at radius 1 is 0.654 bits per heavy atom. The van der Waals surface area contributed by atoms with Crippen molar-refractivity contribution >= 4 is 0 Å². The SMILES string of the molecule is OC[C@H]([NH2+][C@@H](c1ccccc1)[C@H](O)c1ccccc1)c1ccccc1.[Cl-]. The molecule has 0 aliphatic heterocycles. The van der Waals surface area contributed by atoms with Crippen LogP contribution in [0.5, 0.6) is 0 Å². The largest absolute Gasteiger partial charge is 1.00 e. The lowest BCUT2D eigenvalue weighted by molar-refractivity contribution is -0.743. The first-order chi connectivity index (χ1) is 12.3. The fraction of sp³-hybridized carbons (Fsp3) is 0.182. The molecule has 0 bridgehead atoms. The average Bonchev–Trinajstić information content (AvgIpc) is 2.70. The van der Waals surface area contributed by atoms with Gasteiger partial charge in [-0.05, 0) is 5.56 Å². The summed E-state index contributed by atoms with van der Waals surface area (Å²) < 4.78 is 0. The summed E-state index contributed by atoms with van der Waals surface area (Å²) >= 11 is 0. The highest BCUT2D eigenvalue weighted by Gasteiger charge is 2.29. The first-order valence-electron chi connectivity index (χ1n) is 8.58. The standard InChI is InChI=1S/C22H23NO2.ClH/c24-16-20(17-10-4-1-5-11-17)23-21(18-12-6-2-7-13-18)22(25)19-14-8-3-9-15-19;/h1-15,20-25H,16H2;1H/t20-,21-,22+;/m0./s1. The summed E-state index contributed by atoms with van der Waals surface area (Å²) in [5, 5.41) is 23.0. The van der Waals surface area contributed by atoms with Gasteiger partial charge in [0.15, 0.2) is 0 Å². The minimum atomic E-state index is -0.665. The Morgan fingerprint density at radius 2 is 1.08 bits per heavy atom. The molecular formula is C22H24ClNO2. The third-order valence-corrected chi connectivity index (χ3v) is 4.53. The zero-order valence-electron chi connectivity index (χ0n) is 14.4. The van der Waals surface area contributed by atoms with Crippen molar-refractivity contribution in [1.82, 2.24) is 0 Å². The predicted molar refractivity (Wildman–Crippen MR) is 98.8 cm³/mol. The Balaban J connectivity index is 0.00000243. The Kier molecular flexibility index (Phi) is 7.82. The summed E-state index contributed by atoms with van der Waals surface area (Å²) in [6.45, 7) is 0.00879. The van der Waals surface area contributed by atoms with Crippen molar-refractivity contribution in [1.29, 1.82) is 0 Å². The Labute approximate surface area is 160 Å². The van der Waals surface area contributed by atoms with Gasteiger partial charge in [0, 0.05) is 11.1 Å². The molecule has 0 heterocycles. The van der Waals surface area contributed by atoms with E-state index in [1.807, 2.05) is 91.0 Å². The molecule has 136 valence electrons. The lowest BCUT2D eigenvalue weighted by Gasteiger charge is -2.26. The Morgan fingerprint density at radius 3 is 1.54 bits per heavy atom. The molecule has 0 unspecified atom stereocenters. The molecule has 26 heavy (non-hydrogen) atoms. The highest BCUT2D eigenvalue weighted by Crippen LogP contribution is 2.26. The Bertz CT molecular complexity index is 753. The molecule has 3 rings (SSSR count). The maximum atomic E-state index is 11.0. The van der Waals surface area contributed by atoms with Crippen LogP contribution in [0, 0.1) is 0 Å². The number of hydrogen-bond donors (Lipinski definition) is 3. The second-order valence-electron chi connectivity index (χ2n) is 6.18. The molecule has 0 fully saturated rings. The van der Waals surface area contributed by atoms with Gasteiger partial charge in [0.2, 0.25) is 0 Å². The predicted octanol–water partition coefficient (Wildman–Crippen LogP) is -0.238. The number of rotatable bonds is 7. The fourth-order valence-electron chi connectivity index (χ4n) is 3.16. The summed E-state index contributed by atoms with van der Waals surface area (Å²) in [5.41, 5.74) is 2.96. The maximum absolute atomic E-state index is 11.0. The van der Waals surface area contributed by atoms with E-state index in [2.05, 4.69) is 5.32 Å². The van der Waals surface area contributed by atoms with E-state index in [0.717, 1.165) is 16.7 Å². The van der Waals surface area contributed by atoms with Crippen LogP contribution in [0.2, 0.25) is 0 Å². The van der Waals surface area contributed by atoms with E-state index in [1.54, 1.807) is 0 Å². The van der Waals surface area contributed by atoms with Crippen LogP contribution in [0.25, 0.3) is 0 Å². The molecule has 0 spiro atoms. The first-order valence-corrected chi connectivity index (χ1v) is 8.58. The van der Waals surface area contributed by atoms with Crippen molar-refractivity contribution in [3.63, 3.8) is 0 Å². The third kappa shape index (κ3) is 4.93. The second kappa shape index (κ2) is 10.1. The smallest absolute Gasteiger partial charge is 0.143 e. The molecule has 0 saturated heterocycles. The van der Waals surface area contributed by atoms with Crippen LogP contribution in [0.1, 0.15) is 34.9 Å². The van der Waals surface area contributed by atoms with Crippen molar-refractivity contribution < 1.29 is 27.9 Å². The van der Waals surface area contributed by atoms with Gasteiger partial charge in [-0.25, -0.2) is 0 Å². The fourth-order valence-corrected chi connectivity index (χ4v) is 3.16. The molecular weight excluding hydrogens is 346 g/mol. The molecule has 3 aromatic rings. The van der Waals surface area contributed by atoms with Crippen LogP contribution >= 0.6 is 0 Å². The molecule has 0 saturated carbocycles. The van der Waals surface area contributed by atoms with Crippen LogP contribution in [-0.4, -0.2) is 16.8 Å². The molecule has 3 aromatic carbocycles. The second-order valence-corrected chi connectivity index (χ2v) is 6.18. The molecule has 4 heteroatoms. The highest BCUT2D eigenvalue weighted by atomic mass is 35.5. The minimum absolute atomic E-state index is 0. The van der Waals surface area contributed by atoms with Gasteiger partial charge >= 0.3 is 0 Å². The van der Waals surface area contributed by atoms with Crippen molar-refractivity contribution in [3.8, 4) is 0 Å². The normalized spacial score (nSPS) is 14.1. The molecule has 3 atom stereocenters. The van der Waals surface area contributed by atoms with E-state index >= 15 is 0 Å². The molecule has 0 amide bonds. The average molecular weight is 370 g/mol. The quantitative estimate of drug-likeness (QED) is 0.538. The molecule has 4 N–H and O–H groups in total. The van der Waals surface area contributed by atoms with E-state index in [0.29, 0.717) is 0 Å². The number of aliphatic hydroxyl groups excluding tert-OH is 2. The number of benzene rings is 3. The van der Waals surface area contributed by atoms with Gasteiger partial charge in [0.1, 0.15) is 18.2 Å². The van der Waals surface area contributed by atoms with Gasteiger partial charge in [-0.2, -0.15) is 0 Å². The van der Waals surface area contributed by atoms with Crippen LogP contribution in [0.15, 0.2) is 91.0 Å². The maximum Gasteiger partial charge on any atom is 0.143 e. The first kappa shape index (κ1) is 20.1. The van der Waals surface area contributed by atoms with Crippen LogP contribution in [-0.2, 0) is 0 Å². The number of nitrogens with two attached hydrogens (primary N) is 1. The van der Waals surface area contributed by atoms with Crippen molar-refractivity contribution in [3.05, 3.63) is 108 Å². The molecule has 3 nitrogen and oxygen atoms in total. The monoisotopic (exact) mass is 369 g/mol. The van der Waals surface area contributed by atoms with E-state index in [4.69, 9.17) is 0 Å². The van der Waals surface area contributed by atoms with Crippen LogP contribution in [0.4, 0.5) is 0 Å². The van der Waals surface area contributed by atoms with Gasteiger partial charge in [-0.3, -0.25) is 0 Å². The summed E-state index contributed by atoms with van der Waals surface area (Å²) in [5.74, 6) is 0. The van der Waals surface area contributed by atoms with Crippen LogP contribution < -0.4 is 17.7 Å². The zero-order valence-corrected chi connectivity index (χ0v) is 15.2. The molecule has 0 aliphatic carbocycles. The lowest BCUT2D eigenvalue weighted by atomic mass is 9.94. The van der Waals surface area contributed by atoms with Crippen molar-refractivity contribution in [2.45, 2.75) is 18.2 Å². The lowest BCUT2D eigenvalue weighted by Crippen LogP contribution is -3.00. The zero-order chi connectivity index (χ0) is 17.5. The molecule has 0 radical (unpaired) electrons. The van der Waals surface area contributed by atoms with Crippen LogP contribution in [0.3, 0.4) is 0 Å². The van der Waals surface area contributed by atoms with E-state index in [1.165, 1.54) is 0 Å². The van der Waals surface area contributed by atoms with Crippen molar-refractivity contribution in [2.75, 3.05) is 6.61 Å². The molecule has 0 aromatic heterocycles. The Hall–Kier alpha value is -2.17. The third-order valence-electron chi connectivity index (χ3n) is 4.53. The van der Waals surface area contributed by atoms with E-state index in [-0.39, 0.29) is 31.1 Å². The van der Waals surface area contributed by atoms with E-state index < -0.39 is 6.10 Å². The molecule has 0 aliphatic rings. The van der Waals surface area contributed by atoms with Crippen molar-refractivity contribution in [2.24, 2.45) is 0 Å². The van der Waals surface area contributed by atoms with Gasteiger partial charge in [-0.1, -0.05) is 91.0 Å². The van der Waals surface area contributed by atoms with Gasteiger partial charge < -0.3 is 27.9 Å². The topological polar surface area (TPSA) is 57.1 Å². The minimum Gasteiger partial charge on any atom is -1.00 e. The number of halogens is 1. The number of aliphatic hydroxyl groups is 2. The van der Waals surface area contributed by atoms with Gasteiger partial charge in [-0.15, -0.1) is 0 Å². The summed E-state index contributed by atoms with van der Waals surface area (Å²) in [6, 6.07) is 29.2. The highest BCUT2D eigenvalue weighted by molar-refractivity contribution is 5.25. The van der Waals surface area contributed by atoms with E-state index in [9.17, 15) is 10.2 Å². The van der Waals surface area contributed by atoms with Gasteiger partial charge in [0.05, 0.1) is 6.61 Å².